The Morgan fingerprint density at radius 1 is 1.23 bits per heavy atom. The highest BCUT2D eigenvalue weighted by Gasteiger charge is 2.28. The lowest BCUT2D eigenvalue weighted by molar-refractivity contribution is 0.144. The van der Waals surface area contributed by atoms with Crippen LogP contribution < -0.4 is 4.90 Å². The van der Waals surface area contributed by atoms with Crippen LogP contribution in [0.25, 0.3) is 17.0 Å². The summed E-state index contributed by atoms with van der Waals surface area (Å²) in [7, 11) is -2.21. The van der Waals surface area contributed by atoms with Crippen molar-refractivity contribution < 1.29 is 13.0 Å². The lowest BCUT2D eigenvalue weighted by atomic mass is 9.92. The molecule has 0 saturated carbocycles. The van der Waals surface area contributed by atoms with E-state index in [9.17, 15) is 13.0 Å². The van der Waals surface area contributed by atoms with E-state index in [0.29, 0.717) is 35.3 Å². The average Bonchev–Trinajstić information content (AvgIpc) is 3.15. The van der Waals surface area contributed by atoms with E-state index in [-0.39, 0.29) is 11.7 Å². The zero-order valence-electron chi connectivity index (χ0n) is 17.7. The summed E-state index contributed by atoms with van der Waals surface area (Å²) in [5.74, 6) is 1.12. The highest BCUT2D eigenvalue weighted by Crippen LogP contribution is 2.28. The molecule has 4 heterocycles. The molecule has 3 aromatic rings. The average molecular weight is 450 g/mol. The summed E-state index contributed by atoms with van der Waals surface area (Å²) in [6.45, 7) is 3.57. The first-order valence-corrected chi connectivity index (χ1v) is 12.4. The molecule has 0 aromatic carbocycles. The Kier molecular flexibility index (Phi) is 5.87. The van der Waals surface area contributed by atoms with Crippen molar-refractivity contribution >= 4 is 21.2 Å². The van der Waals surface area contributed by atoms with Gasteiger partial charge in [-0.05, 0) is 24.5 Å². The van der Waals surface area contributed by atoms with Crippen molar-refractivity contribution in [3.05, 3.63) is 36.4 Å². The van der Waals surface area contributed by atoms with Crippen molar-refractivity contribution in [2.24, 2.45) is 10.3 Å². The monoisotopic (exact) mass is 449 g/mol. The maximum absolute atomic E-state index is 13.1. The Balaban J connectivity index is 1.69. The topological polar surface area (TPSA) is 88.6 Å². The minimum atomic E-state index is -2.67. The highest BCUT2D eigenvalue weighted by molar-refractivity contribution is 7.92. The molecule has 31 heavy (non-hydrogen) atoms. The SMILES string of the molecule is CCC1CC(N=S(C)(C)=O)CN(c2cc(-c3cnc4ccc(C(F)F)nn34)ncn2)C1. The van der Waals surface area contributed by atoms with Crippen LogP contribution in [-0.2, 0) is 9.73 Å². The van der Waals surface area contributed by atoms with Crippen LogP contribution in [0.1, 0.15) is 31.9 Å². The molecule has 8 nitrogen and oxygen atoms in total. The molecule has 0 amide bonds. The fourth-order valence-corrected chi connectivity index (χ4v) is 4.80. The first-order chi connectivity index (χ1) is 14.7. The summed E-state index contributed by atoms with van der Waals surface area (Å²) in [6.07, 6.45) is 5.54. The van der Waals surface area contributed by atoms with E-state index in [2.05, 4.69) is 36.2 Å². The number of rotatable bonds is 5. The predicted octanol–water partition coefficient (Wildman–Crippen LogP) is 3.46. The first kappa shape index (κ1) is 21.5. The van der Waals surface area contributed by atoms with E-state index in [4.69, 9.17) is 0 Å². The van der Waals surface area contributed by atoms with Crippen molar-refractivity contribution in [3.8, 4) is 11.4 Å². The van der Waals surface area contributed by atoms with Gasteiger partial charge in [0.25, 0.3) is 6.43 Å². The molecule has 1 fully saturated rings. The second kappa shape index (κ2) is 8.45. The molecule has 1 aliphatic rings. The molecule has 0 N–H and O–H groups in total. The van der Waals surface area contributed by atoms with Gasteiger partial charge in [-0.2, -0.15) is 5.10 Å². The van der Waals surface area contributed by atoms with Crippen LogP contribution in [0.15, 0.2) is 35.1 Å². The molecular weight excluding hydrogens is 424 g/mol. The summed E-state index contributed by atoms with van der Waals surface area (Å²) >= 11 is 0. The maximum Gasteiger partial charge on any atom is 0.282 e. The van der Waals surface area contributed by atoms with E-state index < -0.39 is 16.2 Å². The number of fused-ring (bicyclic) bond motifs is 1. The summed E-state index contributed by atoms with van der Waals surface area (Å²) in [6, 6.07) is 4.55. The molecule has 1 saturated heterocycles. The molecule has 3 aromatic heterocycles. The van der Waals surface area contributed by atoms with Crippen molar-refractivity contribution in [2.45, 2.75) is 32.2 Å². The maximum atomic E-state index is 13.1. The molecule has 2 unspecified atom stereocenters. The van der Waals surface area contributed by atoms with Crippen LogP contribution in [0.3, 0.4) is 0 Å². The Labute approximate surface area is 179 Å². The predicted molar refractivity (Wildman–Crippen MR) is 116 cm³/mol. The van der Waals surface area contributed by atoms with E-state index in [1.54, 1.807) is 18.7 Å². The van der Waals surface area contributed by atoms with Gasteiger partial charge in [-0.3, -0.25) is 4.21 Å². The lowest BCUT2D eigenvalue weighted by Gasteiger charge is -2.36. The number of anilines is 1. The van der Waals surface area contributed by atoms with Gasteiger partial charge >= 0.3 is 0 Å². The van der Waals surface area contributed by atoms with E-state index in [0.717, 1.165) is 19.4 Å². The van der Waals surface area contributed by atoms with Gasteiger partial charge in [0.2, 0.25) is 0 Å². The minimum Gasteiger partial charge on any atom is -0.354 e. The Hall–Kier alpha value is -2.69. The number of imidazole rings is 1. The second-order valence-electron chi connectivity index (χ2n) is 8.09. The fraction of sp³-hybridized carbons (Fsp3) is 0.500. The van der Waals surface area contributed by atoms with Crippen LogP contribution >= 0.6 is 0 Å². The zero-order valence-corrected chi connectivity index (χ0v) is 18.5. The smallest absolute Gasteiger partial charge is 0.282 e. The third kappa shape index (κ3) is 4.81. The Bertz CT molecular complexity index is 1200. The van der Waals surface area contributed by atoms with Gasteiger partial charge in [0, 0.05) is 41.4 Å². The van der Waals surface area contributed by atoms with Crippen LogP contribution in [0.4, 0.5) is 14.6 Å². The molecule has 0 radical (unpaired) electrons. The number of hydrogen-bond donors (Lipinski definition) is 0. The third-order valence-electron chi connectivity index (χ3n) is 5.34. The molecule has 2 atom stereocenters. The number of piperidine rings is 1. The number of aromatic nitrogens is 5. The van der Waals surface area contributed by atoms with Crippen molar-refractivity contribution in [1.82, 2.24) is 24.6 Å². The minimum absolute atomic E-state index is 0.0364. The number of nitrogens with zero attached hydrogens (tertiary/aromatic N) is 7. The normalized spacial score (nSPS) is 19.9. The van der Waals surface area contributed by atoms with Gasteiger partial charge in [-0.1, -0.05) is 13.3 Å². The highest BCUT2D eigenvalue weighted by atomic mass is 32.2. The largest absolute Gasteiger partial charge is 0.354 e. The van der Waals surface area contributed by atoms with Crippen molar-refractivity contribution in [1.29, 1.82) is 0 Å². The van der Waals surface area contributed by atoms with Gasteiger partial charge in [0.15, 0.2) is 5.65 Å². The molecule has 11 heteroatoms. The molecule has 166 valence electrons. The van der Waals surface area contributed by atoms with Gasteiger partial charge < -0.3 is 4.90 Å². The summed E-state index contributed by atoms with van der Waals surface area (Å²) in [4.78, 5) is 15.1. The van der Waals surface area contributed by atoms with Gasteiger partial charge in [-0.25, -0.2) is 32.6 Å². The van der Waals surface area contributed by atoms with E-state index >= 15 is 0 Å². The molecule has 0 spiro atoms. The van der Waals surface area contributed by atoms with E-state index in [1.165, 1.54) is 23.0 Å². The van der Waals surface area contributed by atoms with Gasteiger partial charge in [0.1, 0.15) is 23.5 Å². The van der Waals surface area contributed by atoms with Crippen molar-refractivity contribution in [3.63, 3.8) is 0 Å². The molecule has 0 aliphatic carbocycles. The zero-order chi connectivity index (χ0) is 22.2. The number of alkyl halides is 2. The molecule has 0 bridgehead atoms. The van der Waals surface area contributed by atoms with Crippen molar-refractivity contribution in [2.75, 3.05) is 30.5 Å². The van der Waals surface area contributed by atoms with Gasteiger partial charge in [-0.15, -0.1) is 0 Å². The van der Waals surface area contributed by atoms with Gasteiger partial charge in [0.05, 0.1) is 17.9 Å². The molecule has 4 rings (SSSR count). The first-order valence-electron chi connectivity index (χ1n) is 10.1. The van der Waals surface area contributed by atoms with Crippen LogP contribution in [-0.4, -0.2) is 60.4 Å². The van der Waals surface area contributed by atoms with Crippen LogP contribution in [0.2, 0.25) is 0 Å². The Morgan fingerprint density at radius 3 is 2.74 bits per heavy atom. The quantitative estimate of drug-likeness (QED) is 0.593. The summed E-state index contributed by atoms with van der Waals surface area (Å²) in [5, 5.41) is 4.01. The lowest BCUT2D eigenvalue weighted by Crippen LogP contribution is -2.43. The third-order valence-corrected chi connectivity index (χ3v) is 6.15. The standard InChI is InChI=1S/C20H25F2N7OS/c1-4-13-7-14(27-31(2,3)30)11-28(10-13)19-8-16(24-12-25-19)17-9-23-18-6-5-15(20(21)22)26-29(17)18/h5-6,8-9,12-14,20H,4,7,10-11H2,1-3H3. The summed E-state index contributed by atoms with van der Waals surface area (Å²) in [5.41, 5.74) is 1.19. The Morgan fingerprint density at radius 2 is 2.03 bits per heavy atom. The summed E-state index contributed by atoms with van der Waals surface area (Å²) < 4.78 is 44.3. The fourth-order valence-electron chi connectivity index (χ4n) is 3.93. The number of halogens is 2. The van der Waals surface area contributed by atoms with E-state index in [1.807, 2.05) is 6.07 Å². The molecule has 1 aliphatic heterocycles. The van der Waals surface area contributed by atoms with Crippen LogP contribution in [0.5, 0.6) is 0 Å². The molecular formula is C20H25F2N7OS. The second-order valence-corrected chi connectivity index (χ2v) is 10.7. The number of hydrogen-bond acceptors (Lipinski definition) is 7. The van der Waals surface area contributed by atoms with Crippen LogP contribution in [0, 0.1) is 5.92 Å².